The lowest BCUT2D eigenvalue weighted by Gasteiger charge is -2.10. The molecule has 5 nitrogen and oxygen atoms in total. The molecule has 4 N–H and O–H groups in total. The van der Waals surface area contributed by atoms with E-state index in [1.807, 2.05) is 84.9 Å². The van der Waals surface area contributed by atoms with E-state index in [4.69, 9.17) is 20.9 Å². The predicted octanol–water partition coefficient (Wildman–Crippen LogP) is 5.79. The van der Waals surface area contributed by atoms with Gasteiger partial charge in [-0.25, -0.2) is 0 Å². The van der Waals surface area contributed by atoms with Crippen molar-refractivity contribution in [2.75, 3.05) is 11.5 Å². The molecule has 0 saturated carbocycles. The average Bonchev–Trinajstić information content (AvgIpc) is 2.77. The number of rotatable bonds is 8. The fourth-order valence-corrected chi connectivity index (χ4v) is 3.36. The standard InChI is InChI=1S/C27H24N2O3/c28-24-11-1-3-13-26(24)31-22-9-5-7-19(17-22)15-21(30)16-20-8-6-10-23(18-20)32-27-14-4-2-12-25(27)29/h1-14,17-18H,15-16,28-29H2. The maximum atomic E-state index is 12.7. The number of anilines is 2. The number of ether oxygens (including phenoxy) is 2. The van der Waals surface area contributed by atoms with E-state index in [9.17, 15) is 4.79 Å². The van der Waals surface area contributed by atoms with Crippen LogP contribution in [0.25, 0.3) is 0 Å². The Bertz CT molecular complexity index is 1140. The molecule has 0 radical (unpaired) electrons. The summed E-state index contributed by atoms with van der Waals surface area (Å²) in [4.78, 5) is 12.7. The molecule has 0 amide bonds. The lowest BCUT2D eigenvalue weighted by atomic mass is 10.0. The minimum atomic E-state index is 0.0951. The summed E-state index contributed by atoms with van der Waals surface area (Å²) in [5, 5.41) is 0. The maximum Gasteiger partial charge on any atom is 0.150 e. The largest absolute Gasteiger partial charge is 0.455 e. The number of ketones is 1. The molecule has 4 aromatic rings. The Kier molecular flexibility index (Phi) is 6.37. The number of hydrogen-bond donors (Lipinski definition) is 2. The Labute approximate surface area is 187 Å². The average molecular weight is 425 g/mol. The Morgan fingerprint density at radius 1 is 0.594 bits per heavy atom. The van der Waals surface area contributed by atoms with Crippen LogP contribution in [0.5, 0.6) is 23.0 Å². The van der Waals surface area contributed by atoms with E-state index in [0.717, 1.165) is 11.1 Å². The first-order chi connectivity index (χ1) is 15.6. The van der Waals surface area contributed by atoms with E-state index >= 15 is 0 Å². The first kappa shape index (κ1) is 21.0. The van der Waals surface area contributed by atoms with Gasteiger partial charge in [0.25, 0.3) is 0 Å². The van der Waals surface area contributed by atoms with E-state index in [0.29, 0.717) is 47.2 Å². The van der Waals surface area contributed by atoms with Gasteiger partial charge in [-0.3, -0.25) is 4.79 Å². The predicted molar refractivity (Wildman–Crippen MR) is 127 cm³/mol. The van der Waals surface area contributed by atoms with Crippen LogP contribution in [-0.4, -0.2) is 5.78 Å². The van der Waals surface area contributed by atoms with Gasteiger partial charge in [-0.15, -0.1) is 0 Å². The first-order valence-electron chi connectivity index (χ1n) is 10.3. The molecule has 4 aromatic carbocycles. The number of para-hydroxylation sites is 4. The molecular weight excluding hydrogens is 400 g/mol. The van der Waals surface area contributed by atoms with Gasteiger partial charge in [0.05, 0.1) is 11.4 Å². The van der Waals surface area contributed by atoms with Gasteiger partial charge in [0.2, 0.25) is 0 Å². The second kappa shape index (κ2) is 9.71. The molecule has 0 aliphatic carbocycles. The highest BCUT2D eigenvalue weighted by atomic mass is 16.5. The Morgan fingerprint density at radius 3 is 1.47 bits per heavy atom. The van der Waals surface area contributed by atoms with Crippen LogP contribution in [0.15, 0.2) is 97.1 Å². The summed E-state index contributed by atoms with van der Waals surface area (Å²) in [6.45, 7) is 0. The smallest absolute Gasteiger partial charge is 0.150 e. The second-order valence-electron chi connectivity index (χ2n) is 7.47. The van der Waals surface area contributed by atoms with Crippen molar-refractivity contribution in [1.82, 2.24) is 0 Å². The Balaban J connectivity index is 1.40. The van der Waals surface area contributed by atoms with E-state index in [1.54, 1.807) is 12.1 Å². The van der Waals surface area contributed by atoms with Crippen molar-refractivity contribution in [2.45, 2.75) is 12.8 Å². The highest BCUT2D eigenvalue weighted by molar-refractivity contribution is 5.83. The molecule has 0 unspecified atom stereocenters. The van der Waals surface area contributed by atoms with E-state index in [2.05, 4.69) is 0 Å². The lowest BCUT2D eigenvalue weighted by Crippen LogP contribution is -2.06. The summed E-state index contributed by atoms with van der Waals surface area (Å²) >= 11 is 0. The van der Waals surface area contributed by atoms with Crippen molar-refractivity contribution >= 4 is 17.2 Å². The zero-order valence-electron chi connectivity index (χ0n) is 17.5. The fraction of sp³-hybridized carbons (Fsp3) is 0.0741. The number of carbonyl (C=O) groups excluding carboxylic acids is 1. The molecule has 0 saturated heterocycles. The second-order valence-corrected chi connectivity index (χ2v) is 7.47. The fourth-order valence-electron chi connectivity index (χ4n) is 3.36. The van der Waals surface area contributed by atoms with Crippen LogP contribution in [-0.2, 0) is 17.6 Å². The minimum Gasteiger partial charge on any atom is -0.455 e. The quantitative estimate of drug-likeness (QED) is 0.350. The van der Waals surface area contributed by atoms with E-state index in [1.165, 1.54) is 0 Å². The van der Waals surface area contributed by atoms with Crippen LogP contribution >= 0.6 is 0 Å². The molecule has 0 fully saturated rings. The third-order valence-corrected chi connectivity index (χ3v) is 4.89. The molecule has 0 aliphatic heterocycles. The SMILES string of the molecule is Nc1ccccc1Oc1cccc(CC(=O)Cc2cccc(Oc3ccccc3N)c2)c1. The molecule has 0 aromatic heterocycles. The molecule has 5 heteroatoms. The molecule has 0 bridgehead atoms. The van der Waals surface area contributed by atoms with Gasteiger partial charge in [0, 0.05) is 12.8 Å². The van der Waals surface area contributed by atoms with Crippen molar-refractivity contribution < 1.29 is 14.3 Å². The monoisotopic (exact) mass is 424 g/mol. The first-order valence-corrected chi connectivity index (χ1v) is 10.3. The highest BCUT2D eigenvalue weighted by Gasteiger charge is 2.09. The summed E-state index contributed by atoms with van der Waals surface area (Å²) in [5.74, 6) is 2.56. The van der Waals surface area contributed by atoms with Crippen LogP contribution < -0.4 is 20.9 Å². The van der Waals surface area contributed by atoms with Crippen LogP contribution in [0, 0.1) is 0 Å². The van der Waals surface area contributed by atoms with Crippen molar-refractivity contribution in [3.8, 4) is 23.0 Å². The minimum absolute atomic E-state index is 0.0951. The summed E-state index contributed by atoms with van der Waals surface area (Å²) in [7, 11) is 0. The molecule has 0 heterocycles. The normalized spacial score (nSPS) is 10.5. The van der Waals surface area contributed by atoms with Gasteiger partial charge in [0.15, 0.2) is 0 Å². The van der Waals surface area contributed by atoms with Crippen LogP contribution in [0.1, 0.15) is 11.1 Å². The van der Waals surface area contributed by atoms with Crippen LogP contribution in [0.3, 0.4) is 0 Å². The van der Waals surface area contributed by atoms with Gasteiger partial charge in [-0.2, -0.15) is 0 Å². The number of benzene rings is 4. The molecule has 4 rings (SSSR count). The summed E-state index contributed by atoms with van der Waals surface area (Å²) in [5.41, 5.74) is 14.8. The topological polar surface area (TPSA) is 87.6 Å². The van der Waals surface area contributed by atoms with Crippen molar-refractivity contribution in [1.29, 1.82) is 0 Å². The third-order valence-electron chi connectivity index (χ3n) is 4.89. The molecule has 160 valence electrons. The van der Waals surface area contributed by atoms with Gasteiger partial charge in [-0.05, 0) is 59.7 Å². The summed E-state index contributed by atoms with van der Waals surface area (Å²) in [6, 6.07) is 29.6. The zero-order valence-corrected chi connectivity index (χ0v) is 17.5. The Morgan fingerprint density at radius 2 is 1.03 bits per heavy atom. The molecule has 0 spiro atoms. The van der Waals surface area contributed by atoms with Crippen molar-refractivity contribution in [2.24, 2.45) is 0 Å². The third kappa shape index (κ3) is 5.46. The van der Waals surface area contributed by atoms with Gasteiger partial charge in [-0.1, -0.05) is 48.5 Å². The van der Waals surface area contributed by atoms with E-state index < -0.39 is 0 Å². The van der Waals surface area contributed by atoms with Crippen LogP contribution in [0.2, 0.25) is 0 Å². The van der Waals surface area contributed by atoms with Crippen LogP contribution in [0.4, 0.5) is 11.4 Å². The zero-order chi connectivity index (χ0) is 22.3. The molecule has 0 atom stereocenters. The highest BCUT2D eigenvalue weighted by Crippen LogP contribution is 2.29. The molecule has 0 aliphatic rings. The molecular formula is C27H24N2O3. The van der Waals surface area contributed by atoms with E-state index in [-0.39, 0.29) is 5.78 Å². The maximum absolute atomic E-state index is 12.7. The number of Topliss-reactive ketones (excluding diaryl/α,β-unsaturated/α-hetero) is 1. The Hall–Kier alpha value is -4.25. The summed E-state index contributed by atoms with van der Waals surface area (Å²) in [6.07, 6.45) is 0.608. The number of nitrogens with two attached hydrogens (primary N) is 2. The van der Waals surface area contributed by atoms with Gasteiger partial charge in [0.1, 0.15) is 28.8 Å². The summed E-state index contributed by atoms with van der Waals surface area (Å²) < 4.78 is 11.7. The molecule has 32 heavy (non-hydrogen) atoms. The van der Waals surface area contributed by atoms with Crippen molar-refractivity contribution in [3.05, 3.63) is 108 Å². The van der Waals surface area contributed by atoms with Gasteiger partial charge >= 0.3 is 0 Å². The van der Waals surface area contributed by atoms with Gasteiger partial charge < -0.3 is 20.9 Å². The number of nitrogen functional groups attached to an aromatic ring is 2. The number of hydrogen-bond acceptors (Lipinski definition) is 5. The number of carbonyl (C=O) groups is 1. The van der Waals surface area contributed by atoms with Crippen molar-refractivity contribution in [3.63, 3.8) is 0 Å². The lowest BCUT2D eigenvalue weighted by molar-refractivity contribution is -0.117.